The lowest BCUT2D eigenvalue weighted by Gasteiger charge is -2.07. The minimum absolute atomic E-state index is 0.283. The minimum Gasteiger partial charge on any atom is -0.488 e. The van der Waals surface area contributed by atoms with Gasteiger partial charge in [-0.05, 0) is 25.5 Å². The molecule has 0 atom stereocenters. The second-order valence-corrected chi connectivity index (χ2v) is 3.90. The Hall–Kier alpha value is -1.84. The van der Waals surface area contributed by atoms with E-state index in [1.165, 1.54) is 12.1 Å². The first-order valence-corrected chi connectivity index (χ1v) is 5.59. The average molecular weight is 234 g/mol. The summed E-state index contributed by atoms with van der Waals surface area (Å²) in [6.07, 6.45) is 3.69. The second-order valence-electron chi connectivity index (χ2n) is 3.90. The van der Waals surface area contributed by atoms with Crippen molar-refractivity contribution in [1.82, 2.24) is 9.78 Å². The van der Waals surface area contributed by atoms with Gasteiger partial charge in [0.15, 0.2) is 0 Å². The molecule has 1 aromatic carbocycles. The van der Waals surface area contributed by atoms with Crippen LogP contribution in [0.2, 0.25) is 0 Å². The van der Waals surface area contributed by atoms with E-state index in [1.807, 2.05) is 24.7 Å². The molecular formula is C13H15FN2O. The maximum Gasteiger partial charge on any atom is 0.126 e. The number of aromatic nitrogens is 2. The second kappa shape index (κ2) is 4.99. The smallest absolute Gasteiger partial charge is 0.126 e. The Morgan fingerprint density at radius 1 is 1.41 bits per heavy atom. The molecule has 2 rings (SSSR count). The summed E-state index contributed by atoms with van der Waals surface area (Å²) in [4.78, 5) is 0. The molecule has 0 radical (unpaired) electrons. The molecule has 0 unspecified atom stereocenters. The van der Waals surface area contributed by atoms with Gasteiger partial charge in [0.05, 0.1) is 6.20 Å². The fraction of sp³-hybridized carbons (Fsp3) is 0.308. The molecule has 4 heteroatoms. The Morgan fingerprint density at radius 2 is 2.24 bits per heavy atom. The number of benzene rings is 1. The summed E-state index contributed by atoms with van der Waals surface area (Å²) in [5.41, 5.74) is 1.91. The molecule has 0 amide bonds. The summed E-state index contributed by atoms with van der Waals surface area (Å²) in [6.45, 7) is 5.15. The Bertz CT molecular complexity index is 508. The predicted molar refractivity (Wildman–Crippen MR) is 63.4 cm³/mol. The molecule has 0 bridgehead atoms. The molecule has 0 spiro atoms. The molecule has 1 heterocycles. The highest BCUT2D eigenvalue weighted by Crippen LogP contribution is 2.19. The van der Waals surface area contributed by atoms with E-state index < -0.39 is 0 Å². The van der Waals surface area contributed by atoms with Crippen molar-refractivity contribution in [3.8, 4) is 5.75 Å². The summed E-state index contributed by atoms with van der Waals surface area (Å²) < 4.78 is 20.4. The maximum atomic E-state index is 13.0. The lowest BCUT2D eigenvalue weighted by atomic mass is 10.2. The normalized spacial score (nSPS) is 10.5. The number of hydrogen-bond donors (Lipinski definition) is 0. The standard InChI is InChI=1S/C13H15FN2O/c1-3-16-8-11(7-15-16)9-17-13-6-12(14)5-4-10(13)2/h4-8H,3,9H2,1-2H3. The monoisotopic (exact) mass is 234 g/mol. The van der Waals surface area contributed by atoms with E-state index >= 15 is 0 Å². The van der Waals surface area contributed by atoms with E-state index in [1.54, 1.807) is 12.3 Å². The maximum absolute atomic E-state index is 13.0. The zero-order chi connectivity index (χ0) is 12.3. The molecule has 0 aliphatic heterocycles. The van der Waals surface area contributed by atoms with Crippen molar-refractivity contribution in [3.63, 3.8) is 0 Å². The van der Waals surface area contributed by atoms with E-state index in [2.05, 4.69) is 5.10 Å². The first-order chi connectivity index (χ1) is 8.19. The van der Waals surface area contributed by atoms with Gasteiger partial charge in [0, 0.05) is 24.4 Å². The largest absolute Gasteiger partial charge is 0.488 e. The van der Waals surface area contributed by atoms with Crippen LogP contribution in [0.25, 0.3) is 0 Å². The van der Waals surface area contributed by atoms with Crippen LogP contribution >= 0.6 is 0 Å². The minimum atomic E-state index is -0.283. The Morgan fingerprint density at radius 3 is 2.94 bits per heavy atom. The van der Waals surface area contributed by atoms with E-state index in [0.29, 0.717) is 12.4 Å². The number of ether oxygens (including phenoxy) is 1. The molecule has 90 valence electrons. The van der Waals surface area contributed by atoms with Gasteiger partial charge in [0.2, 0.25) is 0 Å². The van der Waals surface area contributed by atoms with Crippen LogP contribution in [0.1, 0.15) is 18.1 Å². The molecule has 0 aliphatic carbocycles. The molecule has 0 aliphatic rings. The van der Waals surface area contributed by atoms with Gasteiger partial charge in [-0.1, -0.05) is 6.07 Å². The van der Waals surface area contributed by atoms with Crippen LogP contribution in [0.4, 0.5) is 4.39 Å². The summed E-state index contributed by atoms with van der Waals surface area (Å²) in [5, 5.41) is 4.15. The first kappa shape index (κ1) is 11.6. The Balaban J connectivity index is 2.04. The Labute approximate surface area is 99.8 Å². The molecule has 0 N–H and O–H groups in total. The van der Waals surface area contributed by atoms with Gasteiger partial charge in [-0.3, -0.25) is 4.68 Å². The highest BCUT2D eigenvalue weighted by molar-refractivity contribution is 5.32. The van der Waals surface area contributed by atoms with Crippen LogP contribution in [0.3, 0.4) is 0 Å². The number of aryl methyl sites for hydroxylation is 2. The van der Waals surface area contributed by atoms with E-state index in [4.69, 9.17) is 4.74 Å². The van der Waals surface area contributed by atoms with Gasteiger partial charge in [-0.2, -0.15) is 5.10 Å². The van der Waals surface area contributed by atoms with Crippen LogP contribution in [0.5, 0.6) is 5.75 Å². The highest BCUT2D eigenvalue weighted by atomic mass is 19.1. The summed E-state index contributed by atoms with van der Waals surface area (Å²) >= 11 is 0. The third-order valence-electron chi connectivity index (χ3n) is 2.56. The average Bonchev–Trinajstić information content (AvgIpc) is 2.78. The van der Waals surface area contributed by atoms with Crippen molar-refractivity contribution in [2.45, 2.75) is 27.0 Å². The Kier molecular flexibility index (Phi) is 3.42. The van der Waals surface area contributed by atoms with Crippen molar-refractivity contribution < 1.29 is 9.13 Å². The lowest BCUT2D eigenvalue weighted by molar-refractivity contribution is 0.302. The topological polar surface area (TPSA) is 27.1 Å². The molecule has 0 fully saturated rings. The summed E-state index contributed by atoms with van der Waals surface area (Å²) in [5.74, 6) is 0.295. The number of halogens is 1. The lowest BCUT2D eigenvalue weighted by Crippen LogP contribution is -1.97. The van der Waals surface area contributed by atoms with Gasteiger partial charge in [0.1, 0.15) is 18.2 Å². The van der Waals surface area contributed by atoms with Crippen LogP contribution in [0.15, 0.2) is 30.6 Å². The number of nitrogens with zero attached hydrogens (tertiary/aromatic N) is 2. The molecule has 3 nitrogen and oxygen atoms in total. The third-order valence-corrected chi connectivity index (χ3v) is 2.56. The molecule has 2 aromatic rings. The van der Waals surface area contributed by atoms with Crippen LogP contribution in [-0.4, -0.2) is 9.78 Å². The zero-order valence-electron chi connectivity index (χ0n) is 9.98. The van der Waals surface area contributed by atoms with Gasteiger partial charge in [0.25, 0.3) is 0 Å². The molecular weight excluding hydrogens is 219 g/mol. The van der Waals surface area contributed by atoms with Crippen molar-refractivity contribution in [3.05, 3.63) is 47.5 Å². The number of rotatable bonds is 4. The van der Waals surface area contributed by atoms with Crippen molar-refractivity contribution in [2.24, 2.45) is 0 Å². The van der Waals surface area contributed by atoms with Crippen molar-refractivity contribution in [1.29, 1.82) is 0 Å². The quantitative estimate of drug-likeness (QED) is 0.813. The molecule has 0 saturated heterocycles. The summed E-state index contributed by atoms with van der Waals surface area (Å²) in [7, 11) is 0. The fourth-order valence-corrected chi connectivity index (χ4v) is 1.54. The third kappa shape index (κ3) is 2.84. The SMILES string of the molecule is CCn1cc(COc2cc(F)ccc2C)cn1. The van der Waals surface area contributed by atoms with Gasteiger partial charge >= 0.3 is 0 Å². The highest BCUT2D eigenvalue weighted by Gasteiger charge is 2.03. The summed E-state index contributed by atoms with van der Waals surface area (Å²) in [6, 6.07) is 4.54. The van der Waals surface area contributed by atoms with E-state index in [-0.39, 0.29) is 5.82 Å². The van der Waals surface area contributed by atoms with Crippen LogP contribution < -0.4 is 4.74 Å². The van der Waals surface area contributed by atoms with Crippen LogP contribution in [0, 0.1) is 12.7 Å². The predicted octanol–water partition coefficient (Wildman–Crippen LogP) is 2.93. The van der Waals surface area contributed by atoms with Gasteiger partial charge < -0.3 is 4.74 Å². The fourth-order valence-electron chi connectivity index (χ4n) is 1.54. The molecule has 17 heavy (non-hydrogen) atoms. The van der Waals surface area contributed by atoms with E-state index in [0.717, 1.165) is 17.7 Å². The van der Waals surface area contributed by atoms with Crippen LogP contribution in [-0.2, 0) is 13.2 Å². The first-order valence-electron chi connectivity index (χ1n) is 5.59. The van der Waals surface area contributed by atoms with Gasteiger partial charge in [-0.25, -0.2) is 4.39 Å². The molecule has 1 aromatic heterocycles. The van der Waals surface area contributed by atoms with Crippen molar-refractivity contribution in [2.75, 3.05) is 0 Å². The van der Waals surface area contributed by atoms with Gasteiger partial charge in [-0.15, -0.1) is 0 Å². The number of hydrogen-bond acceptors (Lipinski definition) is 2. The molecule has 0 saturated carbocycles. The van der Waals surface area contributed by atoms with Crippen molar-refractivity contribution >= 4 is 0 Å². The van der Waals surface area contributed by atoms with E-state index in [9.17, 15) is 4.39 Å². The zero-order valence-corrected chi connectivity index (χ0v) is 9.98.